The average molecular weight is 624 g/mol. The highest BCUT2D eigenvalue weighted by molar-refractivity contribution is 7.87. The second-order valence-electron chi connectivity index (χ2n) is 11.1. The van der Waals surface area contributed by atoms with Crippen molar-refractivity contribution in [1.29, 1.82) is 0 Å². The van der Waals surface area contributed by atoms with Crippen LogP contribution >= 0.6 is 23.2 Å². The van der Waals surface area contributed by atoms with Gasteiger partial charge in [0.05, 0.1) is 15.6 Å². The quantitative estimate of drug-likeness (QED) is 0.365. The van der Waals surface area contributed by atoms with Crippen molar-refractivity contribution < 1.29 is 27.5 Å². The first kappa shape index (κ1) is 30.8. The number of aromatic nitrogens is 1. The van der Waals surface area contributed by atoms with Crippen LogP contribution in [0.15, 0.2) is 42.5 Å². The number of amides is 2. The number of Topliss-reactive ketones (excluding diaryl/α,β-unsaturated/α-hetero) is 1. The van der Waals surface area contributed by atoms with E-state index in [1.165, 1.54) is 6.92 Å². The van der Waals surface area contributed by atoms with E-state index in [-0.39, 0.29) is 24.6 Å². The van der Waals surface area contributed by atoms with E-state index < -0.39 is 33.3 Å². The first-order valence-electron chi connectivity index (χ1n) is 12.9. The van der Waals surface area contributed by atoms with E-state index in [4.69, 9.17) is 27.9 Å². The lowest BCUT2D eigenvalue weighted by atomic mass is 9.82. The number of ether oxygens (including phenoxy) is 1. The van der Waals surface area contributed by atoms with Gasteiger partial charge in [0, 0.05) is 36.6 Å². The van der Waals surface area contributed by atoms with Gasteiger partial charge in [0.25, 0.3) is 5.91 Å². The standard InChI is InChI=1S/C28H32Cl2N4O6S/c1-17(35)18-8-6-9-19(14-18)28(12-7-13-34(16-28)41(38,39)32-26(37)40-27(2,3)4)31-25(36)23-15-20-22(33(23)5)11-10-21(29)24(20)30/h6,8-11,14-15H,7,12-13,16H2,1-5H3,(H,31,36)(H,32,37). The van der Waals surface area contributed by atoms with Crippen molar-refractivity contribution in [3.63, 3.8) is 0 Å². The maximum absolute atomic E-state index is 13.9. The molecule has 0 saturated carbocycles. The third-order valence-electron chi connectivity index (χ3n) is 6.93. The molecule has 0 aliphatic carbocycles. The van der Waals surface area contributed by atoms with Gasteiger partial charge in [-0.2, -0.15) is 12.7 Å². The van der Waals surface area contributed by atoms with Gasteiger partial charge in [-0.1, -0.05) is 41.4 Å². The van der Waals surface area contributed by atoms with Crippen molar-refractivity contribution in [3.8, 4) is 0 Å². The summed E-state index contributed by atoms with van der Waals surface area (Å²) < 4.78 is 36.5. The highest BCUT2D eigenvalue weighted by Gasteiger charge is 2.43. The van der Waals surface area contributed by atoms with E-state index in [1.807, 2.05) is 4.72 Å². The van der Waals surface area contributed by atoms with Crippen molar-refractivity contribution in [3.05, 3.63) is 69.3 Å². The van der Waals surface area contributed by atoms with Crippen LogP contribution in [-0.2, 0) is 27.5 Å². The van der Waals surface area contributed by atoms with E-state index in [9.17, 15) is 22.8 Å². The fourth-order valence-electron chi connectivity index (χ4n) is 4.98. The van der Waals surface area contributed by atoms with Gasteiger partial charge in [-0.15, -0.1) is 0 Å². The van der Waals surface area contributed by atoms with Gasteiger partial charge in [-0.3, -0.25) is 9.59 Å². The number of aryl methyl sites for hydroxylation is 1. The van der Waals surface area contributed by atoms with Crippen LogP contribution in [0.25, 0.3) is 10.9 Å². The molecular weight excluding hydrogens is 591 g/mol. The molecule has 0 bridgehead atoms. The van der Waals surface area contributed by atoms with Crippen LogP contribution in [0.3, 0.4) is 0 Å². The summed E-state index contributed by atoms with van der Waals surface area (Å²) in [4.78, 5) is 38.4. The van der Waals surface area contributed by atoms with E-state index >= 15 is 0 Å². The van der Waals surface area contributed by atoms with Gasteiger partial charge in [0.1, 0.15) is 11.3 Å². The minimum atomic E-state index is -4.35. The molecule has 13 heteroatoms. The molecule has 0 spiro atoms. The van der Waals surface area contributed by atoms with Crippen molar-refractivity contribution in [2.45, 2.75) is 51.7 Å². The number of nitrogens with one attached hydrogen (secondary N) is 2. The second-order valence-corrected chi connectivity index (χ2v) is 13.6. The summed E-state index contributed by atoms with van der Waals surface area (Å²) in [5.74, 6) is -0.663. The lowest BCUT2D eigenvalue weighted by Gasteiger charge is -2.43. The Hall–Kier alpha value is -3.12. The SMILES string of the molecule is CC(=O)c1cccc(C2(NC(=O)c3cc4c(Cl)c(Cl)ccc4n3C)CCCN(S(=O)(=O)NC(=O)OC(C)(C)C)C2)c1. The molecule has 0 radical (unpaired) electrons. The van der Waals surface area contributed by atoms with Crippen LogP contribution < -0.4 is 10.0 Å². The molecule has 1 fully saturated rings. The number of hydrogen-bond donors (Lipinski definition) is 2. The Balaban J connectivity index is 1.74. The number of carbonyl (C=O) groups excluding carboxylic acids is 3. The number of piperidine rings is 1. The fraction of sp³-hybridized carbons (Fsp3) is 0.393. The maximum atomic E-state index is 13.9. The normalized spacial score (nSPS) is 18.2. The fourth-order valence-corrected chi connectivity index (χ4v) is 6.50. The summed E-state index contributed by atoms with van der Waals surface area (Å²) in [7, 11) is -2.63. The number of nitrogens with zero attached hydrogens (tertiary/aromatic N) is 2. The second kappa shape index (κ2) is 11.3. The third-order valence-corrected chi connectivity index (χ3v) is 9.16. The van der Waals surface area contributed by atoms with Crippen LogP contribution in [0.1, 0.15) is 66.9 Å². The molecule has 2 aromatic carbocycles. The molecule has 1 aromatic heterocycles. The lowest BCUT2D eigenvalue weighted by molar-refractivity contribution is 0.0562. The Morgan fingerprint density at radius 2 is 1.78 bits per heavy atom. The number of rotatable bonds is 6. The highest BCUT2D eigenvalue weighted by Crippen LogP contribution is 2.36. The molecule has 2 amide bonds. The number of carbonyl (C=O) groups is 3. The van der Waals surface area contributed by atoms with E-state index in [0.717, 1.165) is 4.31 Å². The summed E-state index contributed by atoms with van der Waals surface area (Å²) in [6, 6.07) is 11.7. The topological polar surface area (TPSA) is 127 Å². The molecule has 4 rings (SSSR count). The van der Waals surface area contributed by atoms with Crippen LogP contribution in [0.5, 0.6) is 0 Å². The molecule has 1 saturated heterocycles. The Morgan fingerprint density at radius 1 is 1.07 bits per heavy atom. The predicted octanol–water partition coefficient (Wildman–Crippen LogP) is 5.18. The predicted molar refractivity (Wildman–Crippen MR) is 158 cm³/mol. The monoisotopic (exact) mass is 622 g/mol. The first-order chi connectivity index (χ1) is 19.0. The molecular formula is C28H32Cl2N4O6S. The largest absolute Gasteiger partial charge is 0.443 e. The van der Waals surface area contributed by atoms with Gasteiger partial charge in [-0.05, 0) is 70.4 Å². The molecule has 2 heterocycles. The molecule has 41 heavy (non-hydrogen) atoms. The number of halogens is 2. The van der Waals surface area contributed by atoms with E-state index in [2.05, 4.69) is 5.32 Å². The summed E-state index contributed by atoms with van der Waals surface area (Å²) in [6.45, 7) is 6.20. The highest BCUT2D eigenvalue weighted by atomic mass is 35.5. The Kier molecular flexibility index (Phi) is 8.48. The van der Waals surface area contributed by atoms with Crippen LogP contribution in [0, 0.1) is 0 Å². The molecule has 1 aliphatic heterocycles. The Morgan fingerprint density at radius 3 is 2.44 bits per heavy atom. The zero-order chi connectivity index (χ0) is 30.3. The molecule has 3 aromatic rings. The minimum absolute atomic E-state index is 0.101. The summed E-state index contributed by atoms with van der Waals surface area (Å²) in [6.07, 6.45) is -0.381. The maximum Gasteiger partial charge on any atom is 0.422 e. The van der Waals surface area contributed by atoms with Crippen LogP contribution in [-0.4, -0.2) is 53.8 Å². The summed E-state index contributed by atoms with van der Waals surface area (Å²) >= 11 is 12.6. The first-order valence-corrected chi connectivity index (χ1v) is 15.1. The number of ketones is 1. The number of benzene rings is 2. The molecule has 1 aliphatic rings. The molecule has 2 N–H and O–H groups in total. The molecule has 1 unspecified atom stereocenters. The van der Waals surface area contributed by atoms with E-state index in [0.29, 0.717) is 44.9 Å². The lowest BCUT2D eigenvalue weighted by Crippen LogP contribution is -2.59. The van der Waals surface area contributed by atoms with Crippen LogP contribution in [0.2, 0.25) is 10.0 Å². The molecule has 220 valence electrons. The van der Waals surface area contributed by atoms with Crippen LogP contribution in [0.4, 0.5) is 4.79 Å². The summed E-state index contributed by atoms with van der Waals surface area (Å²) in [5.41, 5.74) is -0.214. The van der Waals surface area contributed by atoms with Gasteiger partial charge in [0.15, 0.2) is 5.78 Å². The van der Waals surface area contributed by atoms with Crippen molar-refractivity contribution in [2.24, 2.45) is 7.05 Å². The molecule has 10 nitrogen and oxygen atoms in total. The Bertz CT molecular complexity index is 1650. The smallest absolute Gasteiger partial charge is 0.422 e. The number of hydrogen-bond acceptors (Lipinski definition) is 6. The van der Waals surface area contributed by atoms with Gasteiger partial charge in [0.2, 0.25) is 0 Å². The summed E-state index contributed by atoms with van der Waals surface area (Å²) in [5, 5.41) is 4.31. The van der Waals surface area contributed by atoms with Crippen molar-refractivity contribution in [1.82, 2.24) is 18.9 Å². The van der Waals surface area contributed by atoms with E-state index in [1.54, 1.807) is 74.9 Å². The zero-order valence-electron chi connectivity index (χ0n) is 23.4. The van der Waals surface area contributed by atoms with Gasteiger partial charge < -0.3 is 14.6 Å². The average Bonchev–Trinajstić information content (AvgIpc) is 3.22. The van der Waals surface area contributed by atoms with Gasteiger partial charge in [-0.25, -0.2) is 9.52 Å². The zero-order valence-corrected chi connectivity index (χ0v) is 25.7. The van der Waals surface area contributed by atoms with Gasteiger partial charge >= 0.3 is 16.3 Å². The minimum Gasteiger partial charge on any atom is -0.443 e. The number of fused-ring (bicyclic) bond motifs is 1. The van der Waals surface area contributed by atoms with Crippen molar-refractivity contribution >= 4 is 62.1 Å². The van der Waals surface area contributed by atoms with Crippen molar-refractivity contribution in [2.75, 3.05) is 13.1 Å². The molecule has 1 atom stereocenters. The third kappa shape index (κ3) is 6.53. The Labute approximate surface area is 249 Å².